The summed E-state index contributed by atoms with van der Waals surface area (Å²) in [4.78, 5) is 16.5. The normalized spacial score (nSPS) is 12.4. The van der Waals surface area contributed by atoms with Gasteiger partial charge in [0.1, 0.15) is 5.75 Å². The monoisotopic (exact) mass is 346 g/mol. The third-order valence-electron chi connectivity index (χ3n) is 4.39. The van der Waals surface area contributed by atoms with Gasteiger partial charge in [-0.2, -0.15) is 0 Å². The van der Waals surface area contributed by atoms with Gasteiger partial charge in [-0.25, -0.2) is 0 Å². The van der Waals surface area contributed by atoms with Crippen LogP contribution in [0.25, 0.3) is 11.3 Å². The van der Waals surface area contributed by atoms with Crippen molar-refractivity contribution in [3.8, 4) is 17.0 Å². The fraction of sp³-hybridized carbons (Fsp3) is 0.100. The number of ether oxygens (including phenoxy) is 1. The maximum Gasteiger partial charge on any atom is 0.254 e. The molecule has 6 nitrogen and oxygen atoms in total. The number of nitrogen functional groups attached to an aromatic ring is 1. The van der Waals surface area contributed by atoms with Crippen molar-refractivity contribution < 1.29 is 9.53 Å². The average molecular weight is 346 g/mol. The molecule has 1 aliphatic rings. The molecule has 0 bridgehead atoms. The predicted octanol–water partition coefficient (Wildman–Crippen LogP) is 3.33. The molecule has 0 aliphatic carbocycles. The van der Waals surface area contributed by atoms with Crippen molar-refractivity contribution in [1.29, 1.82) is 0 Å². The van der Waals surface area contributed by atoms with E-state index >= 15 is 0 Å². The Morgan fingerprint density at radius 2 is 2.00 bits per heavy atom. The lowest BCUT2D eigenvalue weighted by molar-refractivity contribution is 0.0966. The van der Waals surface area contributed by atoms with Crippen LogP contribution < -0.4 is 21.1 Å². The van der Waals surface area contributed by atoms with Crippen LogP contribution in [0.5, 0.6) is 5.75 Å². The number of pyridine rings is 1. The molecule has 2 heterocycles. The summed E-state index contributed by atoms with van der Waals surface area (Å²) in [5.74, 6) is 0.648. The SMILES string of the molecule is COc1cccc(Nc2ccnc(-c3ccc(N)c4c3CNC4=O)c2)c1. The zero-order chi connectivity index (χ0) is 18.1. The molecule has 4 rings (SSSR count). The van der Waals surface area contributed by atoms with Gasteiger partial charge in [-0.05, 0) is 35.9 Å². The van der Waals surface area contributed by atoms with Crippen LogP contribution in [0, 0.1) is 0 Å². The minimum absolute atomic E-state index is 0.134. The molecule has 130 valence electrons. The van der Waals surface area contributed by atoms with Crippen molar-refractivity contribution in [2.75, 3.05) is 18.2 Å². The second kappa shape index (κ2) is 6.40. The smallest absolute Gasteiger partial charge is 0.254 e. The minimum atomic E-state index is -0.134. The molecule has 0 atom stereocenters. The highest BCUT2D eigenvalue weighted by Crippen LogP contribution is 2.33. The molecule has 0 saturated heterocycles. The summed E-state index contributed by atoms with van der Waals surface area (Å²) in [6.45, 7) is 0.462. The number of hydrogen-bond donors (Lipinski definition) is 3. The molecule has 1 amide bonds. The predicted molar refractivity (Wildman–Crippen MR) is 102 cm³/mol. The van der Waals surface area contributed by atoms with Crippen molar-refractivity contribution in [1.82, 2.24) is 10.3 Å². The van der Waals surface area contributed by atoms with Crippen LogP contribution in [0.1, 0.15) is 15.9 Å². The molecular formula is C20H18N4O2. The molecule has 1 aromatic heterocycles. The van der Waals surface area contributed by atoms with Crippen molar-refractivity contribution in [2.45, 2.75) is 6.54 Å². The molecule has 0 unspecified atom stereocenters. The van der Waals surface area contributed by atoms with E-state index in [1.807, 2.05) is 42.5 Å². The number of methoxy groups -OCH3 is 1. The Hall–Kier alpha value is -3.54. The number of carbonyl (C=O) groups is 1. The number of aromatic nitrogens is 1. The Labute approximate surface area is 151 Å². The summed E-state index contributed by atoms with van der Waals surface area (Å²) < 4.78 is 5.25. The van der Waals surface area contributed by atoms with Gasteiger partial charge in [0, 0.05) is 41.4 Å². The number of nitrogens with one attached hydrogen (secondary N) is 2. The van der Waals surface area contributed by atoms with E-state index < -0.39 is 0 Å². The van der Waals surface area contributed by atoms with Gasteiger partial charge in [0.2, 0.25) is 0 Å². The third-order valence-corrected chi connectivity index (χ3v) is 4.39. The summed E-state index contributed by atoms with van der Waals surface area (Å²) in [6, 6.07) is 15.2. The number of nitrogens with two attached hydrogens (primary N) is 1. The second-order valence-electron chi connectivity index (χ2n) is 6.03. The van der Waals surface area contributed by atoms with Crippen LogP contribution >= 0.6 is 0 Å². The molecule has 26 heavy (non-hydrogen) atoms. The minimum Gasteiger partial charge on any atom is -0.497 e. The summed E-state index contributed by atoms with van der Waals surface area (Å²) >= 11 is 0. The van der Waals surface area contributed by atoms with E-state index in [-0.39, 0.29) is 5.91 Å². The summed E-state index contributed by atoms with van der Waals surface area (Å²) in [6.07, 6.45) is 1.74. The van der Waals surface area contributed by atoms with Crippen molar-refractivity contribution in [3.63, 3.8) is 0 Å². The zero-order valence-electron chi connectivity index (χ0n) is 14.2. The molecule has 4 N–H and O–H groups in total. The third kappa shape index (κ3) is 2.82. The number of carbonyl (C=O) groups excluding carboxylic acids is 1. The Morgan fingerprint density at radius 3 is 2.85 bits per heavy atom. The standard InChI is InChI=1S/C20H18N4O2/c1-26-14-4-2-3-12(9-14)24-13-7-8-22-18(10-13)15-5-6-17(21)19-16(15)11-23-20(19)25/h2-10H,11,21H2,1H3,(H,22,24)(H,23,25). The van der Waals surface area contributed by atoms with E-state index in [0.717, 1.165) is 33.9 Å². The van der Waals surface area contributed by atoms with E-state index in [0.29, 0.717) is 17.8 Å². The molecular weight excluding hydrogens is 328 g/mol. The second-order valence-corrected chi connectivity index (χ2v) is 6.03. The first-order chi connectivity index (χ1) is 12.7. The number of fused-ring (bicyclic) bond motifs is 1. The lowest BCUT2D eigenvalue weighted by Crippen LogP contribution is -2.13. The van der Waals surface area contributed by atoms with Gasteiger partial charge < -0.3 is 21.1 Å². The van der Waals surface area contributed by atoms with E-state index in [1.54, 1.807) is 19.4 Å². The molecule has 6 heteroatoms. The molecule has 0 spiro atoms. The van der Waals surface area contributed by atoms with Gasteiger partial charge in [-0.3, -0.25) is 9.78 Å². The van der Waals surface area contributed by atoms with E-state index in [2.05, 4.69) is 15.6 Å². The zero-order valence-corrected chi connectivity index (χ0v) is 14.2. The molecule has 0 fully saturated rings. The number of hydrogen-bond acceptors (Lipinski definition) is 5. The van der Waals surface area contributed by atoms with Crippen LogP contribution in [0.2, 0.25) is 0 Å². The molecule has 2 aromatic carbocycles. The van der Waals surface area contributed by atoms with Gasteiger partial charge >= 0.3 is 0 Å². The lowest BCUT2D eigenvalue weighted by Gasteiger charge is -2.11. The molecule has 0 saturated carbocycles. The first kappa shape index (κ1) is 16.0. The Balaban J connectivity index is 1.70. The highest BCUT2D eigenvalue weighted by atomic mass is 16.5. The first-order valence-electron chi connectivity index (χ1n) is 8.23. The highest BCUT2D eigenvalue weighted by molar-refractivity contribution is 6.05. The quantitative estimate of drug-likeness (QED) is 0.631. The number of nitrogens with zero attached hydrogens (tertiary/aromatic N) is 1. The van der Waals surface area contributed by atoms with Gasteiger partial charge in [0.25, 0.3) is 5.91 Å². The Kier molecular flexibility index (Phi) is 3.93. The van der Waals surface area contributed by atoms with Gasteiger partial charge in [-0.1, -0.05) is 12.1 Å². The molecule has 0 radical (unpaired) electrons. The van der Waals surface area contributed by atoms with E-state index in [1.165, 1.54) is 0 Å². The average Bonchev–Trinajstić information content (AvgIpc) is 3.05. The summed E-state index contributed by atoms with van der Waals surface area (Å²) in [7, 11) is 1.64. The Morgan fingerprint density at radius 1 is 1.15 bits per heavy atom. The van der Waals surface area contributed by atoms with Gasteiger partial charge in [-0.15, -0.1) is 0 Å². The number of benzene rings is 2. The number of amides is 1. The molecule has 1 aliphatic heterocycles. The fourth-order valence-corrected chi connectivity index (χ4v) is 3.14. The maximum atomic E-state index is 12.0. The van der Waals surface area contributed by atoms with Gasteiger partial charge in [0.05, 0.1) is 18.4 Å². The highest BCUT2D eigenvalue weighted by Gasteiger charge is 2.25. The first-order valence-corrected chi connectivity index (χ1v) is 8.23. The van der Waals surface area contributed by atoms with Crippen LogP contribution in [0.15, 0.2) is 54.7 Å². The summed E-state index contributed by atoms with van der Waals surface area (Å²) in [5, 5.41) is 6.18. The van der Waals surface area contributed by atoms with E-state index in [4.69, 9.17) is 10.5 Å². The topological polar surface area (TPSA) is 89.3 Å². The Bertz CT molecular complexity index is 1000. The number of anilines is 3. The number of rotatable bonds is 4. The van der Waals surface area contributed by atoms with Crippen molar-refractivity contribution in [2.24, 2.45) is 0 Å². The van der Waals surface area contributed by atoms with Crippen LogP contribution in [-0.2, 0) is 6.54 Å². The molecule has 3 aromatic rings. The van der Waals surface area contributed by atoms with Crippen LogP contribution in [-0.4, -0.2) is 18.0 Å². The van der Waals surface area contributed by atoms with Crippen molar-refractivity contribution in [3.05, 3.63) is 65.9 Å². The van der Waals surface area contributed by atoms with E-state index in [9.17, 15) is 4.79 Å². The summed E-state index contributed by atoms with van der Waals surface area (Å²) in [5.41, 5.74) is 11.4. The van der Waals surface area contributed by atoms with Crippen LogP contribution in [0.4, 0.5) is 17.1 Å². The van der Waals surface area contributed by atoms with Crippen LogP contribution in [0.3, 0.4) is 0 Å². The fourth-order valence-electron chi connectivity index (χ4n) is 3.14. The van der Waals surface area contributed by atoms with Gasteiger partial charge in [0.15, 0.2) is 0 Å². The largest absolute Gasteiger partial charge is 0.497 e. The lowest BCUT2D eigenvalue weighted by atomic mass is 9.98. The van der Waals surface area contributed by atoms with Crippen molar-refractivity contribution >= 4 is 23.0 Å². The maximum absolute atomic E-state index is 12.0.